The summed E-state index contributed by atoms with van der Waals surface area (Å²) < 4.78 is 13.8. The zero-order valence-electron chi connectivity index (χ0n) is 13.5. The van der Waals surface area contributed by atoms with Crippen molar-refractivity contribution in [3.63, 3.8) is 0 Å². The van der Waals surface area contributed by atoms with Crippen molar-refractivity contribution in [3.05, 3.63) is 70.5 Å². The van der Waals surface area contributed by atoms with E-state index < -0.39 is 11.7 Å². The molecule has 1 heterocycles. The number of hydrogen-bond acceptors (Lipinski definition) is 2. The third-order valence-electron chi connectivity index (χ3n) is 4.33. The fourth-order valence-corrected chi connectivity index (χ4v) is 3.21. The number of nitrogens with one attached hydrogen (secondary N) is 1. The molecule has 130 valence electrons. The number of amides is 2. The molecule has 6 heteroatoms. The first-order chi connectivity index (χ1) is 12.1. The molecular weight excluding hydrogens is 343 g/mol. The summed E-state index contributed by atoms with van der Waals surface area (Å²) >= 11 is 5.92. The number of likely N-dealkylation sites (tertiary alicyclic amines) is 1. The molecule has 0 atom stereocenters. The van der Waals surface area contributed by atoms with E-state index in [9.17, 15) is 14.0 Å². The maximum absolute atomic E-state index is 13.8. The molecule has 3 rings (SSSR count). The second-order valence-corrected chi connectivity index (χ2v) is 6.41. The summed E-state index contributed by atoms with van der Waals surface area (Å²) in [5.41, 5.74) is 0.523. The molecule has 1 aliphatic heterocycles. The van der Waals surface area contributed by atoms with Gasteiger partial charge in [0.15, 0.2) is 0 Å². The third kappa shape index (κ3) is 3.99. The number of rotatable bonds is 3. The first kappa shape index (κ1) is 17.4. The van der Waals surface area contributed by atoms with Crippen LogP contribution in [0, 0.1) is 5.82 Å². The van der Waals surface area contributed by atoms with Gasteiger partial charge in [-0.05, 0) is 37.1 Å². The number of hydrogen-bond donors (Lipinski definition) is 1. The summed E-state index contributed by atoms with van der Waals surface area (Å²) in [6.45, 7) is 1.09. The van der Waals surface area contributed by atoms with Crippen LogP contribution in [-0.4, -0.2) is 35.8 Å². The Kier molecular flexibility index (Phi) is 5.34. The Morgan fingerprint density at radius 1 is 1.04 bits per heavy atom. The molecule has 1 saturated heterocycles. The number of halogens is 2. The van der Waals surface area contributed by atoms with Gasteiger partial charge in [-0.1, -0.05) is 35.9 Å². The van der Waals surface area contributed by atoms with Gasteiger partial charge < -0.3 is 10.2 Å². The van der Waals surface area contributed by atoms with E-state index in [0.717, 1.165) is 0 Å². The molecule has 0 aromatic heterocycles. The Balaban J connectivity index is 1.58. The topological polar surface area (TPSA) is 49.4 Å². The maximum Gasteiger partial charge on any atom is 0.255 e. The molecule has 1 fully saturated rings. The number of benzene rings is 2. The van der Waals surface area contributed by atoms with Crippen LogP contribution in [0.25, 0.3) is 0 Å². The smallest absolute Gasteiger partial charge is 0.255 e. The SMILES string of the molecule is O=C(NC1CCN(C(=O)c2ccccc2)CC1)c1c(F)cccc1Cl. The Labute approximate surface area is 150 Å². The Morgan fingerprint density at radius 2 is 1.72 bits per heavy atom. The highest BCUT2D eigenvalue weighted by atomic mass is 35.5. The predicted molar refractivity (Wildman–Crippen MR) is 94.2 cm³/mol. The molecular formula is C19H18ClFN2O2. The lowest BCUT2D eigenvalue weighted by molar-refractivity contribution is 0.0698. The zero-order valence-corrected chi connectivity index (χ0v) is 14.3. The molecule has 2 amide bonds. The summed E-state index contributed by atoms with van der Waals surface area (Å²) in [5.74, 6) is -1.17. The van der Waals surface area contributed by atoms with Crippen molar-refractivity contribution in [2.45, 2.75) is 18.9 Å². The molecule has 2 aromatic rings. The number of carbonyl (C=O) groups is 2. The number of carbonyl (C=O) groups excluding carboxylic acids is 2. The van der Waals surface area contributed by atoms with Crippen molar-refractivity contribution >= 4 is 23.4 Å². The second kappa shape index (κ2) is 7.66. The molecule has 25 heavy (non-hydrogen) atoms. The van der Waals surface area contributed by atoms with Crippen LogP contribution in [0.15, 0.2) is 48.5 Å². The van der Waals surface area contributed by atoms with Gasteiger partial charge in [0.25, 0.3) is 11.8 Å². The van der Waals surface area contributed by atoms with Gasteiger partial charge in [0.1, 0.15) is 5.82 Å². The molecule has 0 unspecified atom stereocenters. The lowest BCUT2D eigenvalue weighted by Crippen LogP contribution is -2.46. The standard InChI is InChI=1S/C19H18ClFN2O2/c20-15-7-4-8-16(21)17(15)18(24)22-14-9-11-23(12-10-14)19(25)13-5-2-1-3-6-13/h1-8,14H,9-12H2,(H,22,24). The van der Waals surface area contributed by atoms with Crippen LogP contribution >= 0.6 is 11.6 Å². The summed E-state index contributed by atoms with van der Waals surface area (Å²) in [4.78, 5) is 26.5. The van der Waals surface area contributed by atoms with Gasteiger partial charge in [-0.3, -0.25) is 9.59 Å². The molecule has 4 nitrogen and oxygen atoms in total. The van der Waals surface area contributed by atoms with Crippen molar-refractivity contribution in [2.24, 2.45) is 0 Å². The third-order valence-corrected chi connectivity index (χ3v) is 4.64. The summed E-state index contributed by atoms with van der Waals surface area (Å²) in [6.07, 6.45) is 1.24. The monoisotopic (exact) mass is 360 g/mol. The molecule has 0 radical (unpaired) electrons. The lowest BCUT2D eigenvalue weighted by atomic mass is 10.0. The minimum atomic E-state index is -0.637. The molecule has 0 spiro atoms. The van der Waals surface area contributed by atoms with Crippen LogP contribution in [0.1, 0.15) is 33.6 Å². The van der Waals surface area contributed by atoms with E-state index in [1.165, 1.54) is 18.2 Å². The van der Waals surface area contributed by atoms with Gasteiger partial charge in [0.2, 0.25) is 0 Å². The van der Waals surface area contributed by atoms with Crippen molar-refractivity contribution in [3.8, 4) is 0 Å². The van der Waals surface area contributed by atoms with Gasteiger partial charge >= 0.3 is 0 Å². The molecule has 0 saturated carbocycles. The van der Waals surface area contributed by atoms with Gasteiger partial charge in [-0.2, -0.15) is 0 Å². The molecule has 0 bridgehead atoms. The van der Waals surface area contributed by atoms with Gasteiger partial charge in [0.05, 0.1) is 10.6 Å². The minimum Gasteiger partial charge on any atom is -0.349 e. The minimum absolute atomic E-state index is 0.0116. The van der Waals surface area contributed by atoms with Crippen LogP contribution in [0.5, 0.6) is 0 Å². The fraction of sp³-hybridized carbons (Fsp3) is 0.263. The van der Waals surface area contributed by atoms with Gasteiger partial charge in [-0.25, -0.2) is 4.39 Å². The zero-order chi connectivity index (χ0) is 17.8. The van der Waals surface area contributed by atoms with Crippen molar-refractivity contribution in [2.75, 3.05) is 13.1 Å². The molecule has 2 aromatic carbocycles. The highest BCUT2D eigenvalue weighted by Crippen LogP contribution is 2.20. The average molecular weight is 361 g/mol. The Hall–Kier alpha value is -2.40. The van der Waals surface area contributed by atoms with Crippen molar-refractivity contribution in [1.29, 1.82) is 0 Å². The average Bonchev–Trinajstić information content (AvgIpc) is 2.62. The first-order valence-corrected chi connectivity index (χ1v) is 8.53. The second-order valence-electron chi connectivity index (χ2n) is 6.00. The predicted octanol–water partition coefficient (Wildman–Crippen LogP) is 3.51. The largest absolute Gasteiger partial charge is 0.349 e. The van der Waals surface area contributed by atoms with E-state index in [1.54, 1.807) is 17.0 Å². The Morgan fingerprint density at radius 3 is 2.36 bits per heavy atom. The summed E-state index contributed by atoms with van der Waals surface area (Å²) in [5, 5.41) is 2.91. The lowest BCUT2D eigenvalue weighted by Gasteiger charge is -2.32. The van der Waals surface area contributed by atoms with Crippen molar-refractivity contribution < 1.29 is 14.0 Å². The van der Waals surface area contributed by atoms with E-state index in [0.29, 0.717) is 31.5 Å². The fourth-order valence-electron chi connectivity index (χ4n) is 2.96. The highest BCUT2D eigenvalue weighted by Gasteiger charge is 2.26. The maximum atomic E-state index is 13.8. The van der Waals surface area contributed by atoms with Crippen molar-refractivity contribution in [1.82, 2.24) is 10.2 Å². The quantitative estimate of drug-likeness (QED) is 0.910. The number of piperidine rings is 1. The van der Waals surface area contributed by atoms with Gasteiger partial charge in [0, 0.05) is 24.7 Å². The normalized spacial score (nSPS) is 15.0. The first-order valence-electron chi connectivity index (χ1n) is 8.15. The molecule has 0 aliphatic carbocycles. The molecule has 1 aliphatic rings. The van der Waals surface area contributed by atoms with E-state index in [1.807, 2.05) is 18.2 Å². The summed E-state index contributed by atoms with van der Waals surface area (Å²) in [6, 6.07) is 13.2. The van der Waals surface area contributed by atoms with E-state index in [-0.39, 0.29) is 22.5 Å². The number of nitrogens with zero attached hydrogens (tertiary/aromatic N) is 1. The molecule has 1 N–H and O–H groups in total. The van der Waals surface area contributed by atoms with Crippen LogP contribution in [0.3, 0.4) is 0 Å². The van der Waals surface area contributed by atoms with Crippen LogP contribution in [0.4, 0.5) is 4.39 Å². The summed E-state index contributed by atoms with van der Waals surface area (Å²) in [7, 11) is 0. The highest BCUT2D eigenvalue weighted by molar-refractivity contribution is 6.33. The van der Waals surface area contributed by atoms with E-state index >= 15 is 0 Å². The van der Waals surface area contributed by atoms with Crippen LogP contribution in [0.2, 0.25) is 5.02 Å². The van der Waals surface area contributed by atoms with E-state index in [4.69, 9.17) is 11.6 Å². The van der Waals surface area contributed by atoms with Gasteiger partial charge in [-0.15, -0.1) is 0 Å². The van der Waals surface area contributed by atoms with Crippen LogP contribution < -0.4 is 5.32 Å². The Bertz CT molecular complexity index is 754. The van der Waals surface area contributed by atoms with E-state index in [2.05, 4.69) is 5.32 Å². The van der Waals surface area contributed by atoms with Crippen LogP contribution in [-0.2, 0) is 0 Å².